The van der Waals surface area contributed by atoms with Crippen LogP contribution in [-0.2, 0) is 4.74 Å². The van der Waals surface area contributed by atoms with Crippen LogP contribution in [0.15, 0.2) is 6.33 Å². The van der Waals surface area contributed by atoms with Crippen molar-refractivity contribution >= 4 is 22.9 Å². The van der Waals surface area contributed by atoms with Gasteiger partial charge in [-0.2, -0.15) is 9.97 Å². The van der Waals surface area contributed by atoms with Crippen molar-refractivity contribution in [2.75, 3.05) is 44.0 Å². The molecule has 0 saturated carbocycles. The maximum atomic E-state index is 8.58. The van der Waals surface area contributed by atoms with Gasteiger partial charge in [0, 0.05) is 20.2 Å². The number of H-pyrrole nitrogens is 1. The van der Waals surface area contributed by atoms with Crippen LogP contribution in [-0.4, -0.2) is 58.5 Å². The van der Waals surface area contributed by atoms with E-state index >= 15 is 0 Å². The fraction of sp³-hybridized carbons (Fsp3) is 0.545. The van der Waals surface area contributed by atoms with E-state index in [0.717, 1.165) is 18.5 Å². The topological polar surface area (TPSA) is 108 Å². The van der Waals surface area contributed by atoms with E-state index in [1.165, 1.54) is 0 Å². The highest BCUT2D eigenvalue weighted by molar-refractivity contribution is 5.83. The maximum absolute atomic E-state index is 8.58. The first-order chi connectivity index (χ1) is 9.35. The number of nitrogens with one attached hydrogen (secondary N) is 3. The Bertz CT molecular complexity index is 515. The zero-order chi connectivity index (χ0) is 13.5. The lowest BCUT2D eigenvalue weighted by Crippen LogP contribution is -2.10. The number of aromatic nitrogens is 4. The molecule has 19 heavy (non-hydrogen) atoms. The Labute approximate surface area is 110 Å². The van der Waals surface area contributed by atoms with Gasteiger partial charge in [-0.05, 0) is 6.42 Å². The van der Waals surface area contributed by atoms with Gasteiger partial charge in [0.25, 0.3) is 0 Å². The first-order valence-corrected chi connectivity index (χ1v) is 6.16. The number of aliphatic hydroxyl groups excluding tert-OH is 1. The van der Waals surface area contributed by atoms with Crippen molar-refractivity contribution in [3.63, 3.8) is 0 Å². The molecule has 0 aliphatic heterocycles. The van der Waals surface area contributed by atoms with Crippen molar-refractivity contribution in [2.24, 2.45) is 0 Å². The Hall–Kier alpha value is -1.93. The molecule has 0 atom stereocenters. The predicted octanol–water partition coefficient (Wildman–Crippen LogP) is 0.205. The third-order valence-electron chi connectivity index (χ3n) is 2.50. The highest BCUT2D eigenvalue weighted by Crippen LogP contribution is 2.18. The average molecular weight is 266 g/mol. The molecule has 8 nitrogen and oxygen atoms in total. The summed E-state index contributed by atoms with van der Waals surface area (Å²) in [6.07, 6.45) is 2.42. The molecule has 0 amide bonds. The second kappa shape index (κ2) is 6.86. The standard InChI is InChI=1S/C11H18N6O2/c1-12-11-16-9(8-10(17-11)15-7-14-8)13-3-2-5-19-6-4-18/h7,18H,2-6H2,1H3,(H3,12,13,14,15,16,17). The van der Waals surface area contributed by atoms with Crippen LogP contribution in [0.3, 0.4) is 0 Å². The Balaban J connectivity index is 1.93. The van der Waals surface area contributed by atoms with Crippen LogP contribution in [0.4, 0.5) is 11.8 Å². The lowest BCUT2D eigenvalue weighted by Gasteiger charge is -2.08. The Kier molecular flexibility index (Phi) is 4.87. The summed E-state index contributed by atoms with van der Waals surface area (Å²) in [5, 5.41) is 14.7. The molecular formula is C11H18N6O2. The normalized spacial score (nSPS) is 10.8. The van der Waals surface area contributed by atoms with Gasteiger partial charge in [-0.3, -0.25) is 0 Å². The van der Waals surface area contributed by atoms with E-state index in [1.54, 1.807) is 13.4 Å². The van der Waals surface area contributed by atoms with E-state index < -0.39 is 0 Å². The highest BCUT2D eigenvalue weighted by atomic mass is 16.5. The number of imidazole rings is 1. The summed E-state index contributed by atoms with van der Waals surface area (Å²) in [6, 6.07) is 0. The quantitative estimate of drug-likeness (QED) is 0.506. The molecule has 8 heteroatoms. The SMILES string of the molecule is CNc1nc(NCCCOCCO)c2[nH]cnc2n1. The van der Waals surface area contributed by atoms with E-state index in [9.17, 15) is 0 Å². The summed E-state index contributed by atoms with van der Waals surface area (Å²) in [4.78, 5) is 15.7. The Morgan fingerprint density at radius 1 is 1.37 bits per heavy atom. The molecule has 0 fully saturated rings. The third-order valence-corrected chi connectivity index (χ3v) is 2.50. The number of ether oxygens (including phenoxy) is 1. The van der Waals surface area contributed by atoms with Crippen LogP contribution < -0.4 is 10.6 Å². The highest BCUT2D eigenvalue weighted by Gasteiger charge is 2.08. The fourth-order valence-corrected chi connectivity index (χ4v) is 1.62. The molecule has 104 valence electrons. The molecule has 0 saturated heterocycles. The number of nitrogens with zero attached hydrogens (tertiary/aromatic N) is 3. The van der Waals surface area contributed by atoms with E-state index in [2.05, 4.69) is 30.6 Å². The predicted molar refractivity (Wildman–Crippen MR) is 72.2 cm³/mol. The number of hydrogen-bond acceptors (Lipinski definition) is 7. The van der Waals surface area contributed by atoms with Gasteiger partial charge in [-0.15, -0.1) is 0 Å². The number of aromatic amines is 1. The van der Waals surface area contributed by atoms with E-state index in [-0.39, 0.29) is 6.61 Å². The summed E-state index contributed by atoms with van der Waals surface area (Å²) in [5.74, 6) is 1.24. The van der Waals surface area contributed by atoms with Gasteiger partial charge >= 0.3 is 0 Å². The maximum Gasteiger partial charge on any atom is 0.226 e. The molecule has 0 aliphatic rings. The molecule has 2 heterocycles. The summed E-state index contributed by atoms with van der Waals surface area (Å²) in [7, 11) is 1.76. The number of hydrogen-bond donors (Lipinski definition) is 4. The summed E-state index contributed by atoms with van der Waals surface area (Å²) < 4.78 is 5.18. The first-order valence-electron chi connectivity index (χ1n) is 6.16. The fourth-order valence-electron chi connectivity index (χ4n) is 1.62. The number of fused-ring (bicyclic) bond motifs is 1. The zero-order valence-corrected chi connectivity index (χ0v) is 10.8. The summed E-state index contributed by atoms with van der Waals surface area (Å²) in [6.45, 7) is 1.76. The van der Waals surface area contributed by atoms with Gasteiger partial charge in [0.05, 0.1) is 19.5 Å². The molecule has 0 aliphatic carbocycles. The molecule has 0 radical (unpaired) electrons. The van der Waals surface area contributed by atoms with Gasteiger partial charge in [0.2, 0.25) is 5.95 Å². The van der Waals surface area contributed by atoms with E-state index in [0.29, 0.717) is 30.6 Å². The lowest BCUT2D eigenvalue weighted by molar-refractivity contribution is 0.0922. The van der Waals surface area contributed by atoms with Crippen LogP contribution in [0.1, 0.15) is 6.42 Å². The molecule has 4 N–H and O–H groups in total. The van der Waals surface area contributed by atoms with Crippen molar-refractivity contribution in [3.8, 4) is 0 Å². The molecule has 2 aromatic heterocycles. The van der Waals surface area contributed by atoms with Crippen molar-refractivity contribution in [1.82, 2.24) is 19.9 Å². The van der Waals surface area contributed by atoms with Crippen LogP contribution in [0.2, 0.25) is 0 Å². The molecular weight excluding hydrogens is 248 g/mol. The van der Waals surface area contributed by atoms with Crippen LogP contribution in [0, 0.1) is 0 Å². The van der Waals surface area contributed by atoms with Crippen molar-refractivity contribution in [3.05, 3.63) is 6.33 Å². The lowest BCUT2D eigenvalue weighted by atomic mass is 10.4. The van der Waals surface area contributed by atoms with Crippen LogP contribution in [0.5, 0.6) is 0 Å². The minimum absolute atomic E-state index is 0.0552. The first kappa shape index (κ1) is 13.5. The number of aliphatic hydroxyl groups is 1. The van der Waals surface area contributed by atoms with Crippen molar-refractivity contribution in [2.45, 2.75) is 6.42 Å². The molecule has 2 rings (SSSR count). The minimum atomic E-state index is 0.0552. The molecule has 0 bridgehead atoms. The summed E-state index contributed by atoms with van der Waals surface area (Å²) in [5.41, 5.74) is 1.41. The Morgan fingerprint density at radius 3 is 3.05 bits per heavy atom. The van der Waals surface area contributed by atoms with Crippen molar-refractivity contribution < 1.29 is 9.84 Å². The molecule has 0 aromatic carbocycles. The molecule has 2 aromatic rings. The largest absolute Gasteiger partial charge is 0.394 e. The van der Waals surface area contributed by atoms with Crippen LogP contribution >= 0.6 is 0 Å². The summed E-state index contributed by atoms with van der Waals surface area (Å²) >= 11 is 0. The van der Waals surface area contributed by atoms with E-state index in [1.807, 2.05) is 0 Å². The average Bonchev–Trinajstić information content (AvgIpc) is 2.90. The second-order valence-corrected chi connectivity index (χ2v) is 3.86. The minimum Gasteiger partial charge on any atom is -0.394 e. The van der Waals surface area contributed by atoms with E-state index in [4.69, 9.17) is 9.84 Å². The smallest absolute Gasteiger partial charge is 0.226 e. The van der Waals surface area contributed by atoms with Gasteiger partial charge in [0.15, 0.2) is 11.5 Å². The van der Waals surface area contributed by atoms with Gasteiger partial charge in [-0.25, -0.2) is 4.98 Å². The van der Waals surface area contributed by atoms with Crippen LogP contribution in [0.25, 0.3) is 11.2 Å². The Morgan fingerprint density at radius 2 is 2.26 bits per heavy atom. The molecule has 0 spiro atoms. The van der Waals surface area contributed by atoms with Crippen molar-refractivity contribution in [1.29, 1.82) is 0 Å². The van der Waals surface area contributed by atoms with Gasteiger partial charge in [0.1, 0.15) is 5.52 Å². The third kappa shape index (κ3) is 3.52. The monoisotopic (exact) mass is 266 g/mol. The number of rotatable bonds is 8. The number of anilines is 2. The molecule has 0 unspecified atom stereocenters. The zero-order valence-electron chi connectivity index (χ0n) is 10.8. The van der Waals surface area contributed by atoms with Gasteiger partial charge in [-0.1, -0.05) is 0 Å². The van der Waals surface area contributed by atoms with Gasteiger partial charge < -0.3 is 25.5 Å². The second-order valence-electron chi connectivity index (χ2n) is 3.86.